The summed E-state index contributed by atoms with van der Waals surface area (Å²) in [6.07, 6.45) is 1.31. The summed E-state index contributed by atoms with van der Waals surface area (Å²) in [4.78, 5) is 2.80. The van der Waals surface area contributed by atoms with Gasteiger partial charge in [0, 0.05) is 30.9 Å². The van der Waals surface area contributed by atoms with Crippen LogP contribution in [0.25, 0.3) is 0 Å². The third-order valence-corrected chi connectivity index (χ3v) is 7.65. The normalized spacial score (nSPS) is 22.5. The molecule has 1 aromatic rings. The zero-order valence-electron chi connectivity index (χ0n) is 16.6. The molecule has 3 rings (SSSR count). The van der Waals surface area contributed by atoms with Gasteiger partial charge in [-0.2, -0.15) is 5.11 Å². The van der Waals surface area contributed by atoms with E-state index in [4.69, 9.17) is 16.6 Å². The lowest BCUT2D eigenvalue weighted by Gasteiger charge is -2.23. The SMILES string of the molecule is NC[C@@H](O)CNS(=O)(=O)c1ccc(N[C@H]2CCC[C@H]2N)c(C2=NCN=N2)c1S(N)(=O)=O. The van der Waals surface area contributed by atoms with Gasteiger partial charge in [-0.3, -0.25) is 0 Å². The number of anilines is 1. The highest BCUT2D eigenvalue weighted by Gasteiger charge is 2.34. The number of nitrogens with one attached hydrogen (secondary N) is 2. The summed E-state index contributed by atoms with van der Waals surface area (Å²) in [7, 11) is -8.95. The molecule has 31 heavy (non-hydrogen) atoms. The van der Waals surface area contributed by atoms with E-state index in [0.717, 1.165) is 25.3 Å². The average molecular weight is 475 g/mol. The van der Waals surface area contributed by atoms with Crippen LogP contribution in [-0.2, 0) is 20.0 Å². The molecule has 9 N–H and O–H groups in total. The molecule has 0 aromatic heterocycles. The summed E-state index contributed by atoms with van der Waals surface area (Å²) >= 11 is 0. The van der Waals surface area contributed by atoms with Crippen LogP contribution in [-0.4, -0.2) is 65.7 Å². The van der Waals surface area contributed by atoms with Gasteiger partial charge in [0.1, 0.15) is 9.79 Å². The average Bonchev–Trinajstić information content (AvgIpc) is 3.37. The molecule has 0 amide bonds. The highest BCUT2D eigenvalue weighted by molar-refractivity contribution is 7.92. The zero-order valence-corrected chi connectivity index (χ0v) is 18.2. The largest absolute Gasteiger partial charge is 0.390 e. The second kappa shape index (κ2) is 9.23. The second-order valence-corrected chi connectivity index (χ2v) is 10.5. The molecule has 0 bridgehead atoms. The number of azo groups is 1. The van der Waals surface area contributed by atoms with Gasteiger partial charge in [-0.25, -0.2) is 31.7 Å². The van der Waals surface area contributed by atoms with Crippen LogP contribution in [0.15, 0.2) is 37.1 Å². The van der Waals surface area contributed by atoms with Gasteiger partial charge in [0.25, 0.3) is 0 Å². The Morgan fingerprint density at radius 2 is 1.97 bits per heavy atom. The quantitative estimate of drug-likeness (QED) is 0.243. The standard InChI is InChI=1S/C16H26N8O5S2/c17-6-9(25)7-22-31(28,29)13-5-4-12(23-11-3-1-2-10(11)18)14(15(13)30(19,26)27)16-20-8-21-24-16/h4-5,9-11,22-23,25H,1-3,6-8,17-18H2,(H2,19,26,27)/t9-,10-,11+/m1/s1. The smallest absolute Gasteiger partial charge is 0.242 e. The van der Waals surface area contributed by atoms with E-state index in [1.807, 2.05) is 0 Å². The molecule has 0 saturated heterocycles. The first kappa shape index (κ1) is 23.6. The summed E-state index contributed by atoms with van der Waals surface area (Å²) in [5.41, 5.74) is 11.6. The maximum absolute atomic E-state index is 12.9. The Balaban J connectivity index is 2.17. The minimum absolute atomic E-state index is 0.0281. The first-order valence-corrected chi connectivity index (χ1v) is 12.6. The Morgan fingerprint density at radius 1 is 1.23 bits per heavy atom. The predicted octanol–water partition coefficient (Wildman–Crippen LogP) is -1.61. The molecular weight excluding hydrogens is 448 g/mol. The summed E-state index contributed by atoms with van der Waals surface area (Å²) in [5.74, 6) is -0.0582. The van der Waals surface area contributed by atoms with Crippen molar-refractivity contribution in [2.24, 2.45) is 31.8 Å². The van der Waals surface area contributed by atoms with E-state index in [1.54, 1.807) is 0 Å². The number of nitrogens with zero attached hydrogens (tertiary/aromatic N) is 3. The maximum Gasteiger partial charge on any atom is 0.242 e. The van der Waals surface area contributed by atoms with Crippen LogP contribution in [0.5, 0.6) is 0 Å². The van der Waals surface area contributed by atoms with E-state index < -0.39 is 42.5 Å². The lowest BCUT2D eigenvalue weighted by atomic mass is 10.1. The summed E-state index contributed by atoms with van der Waals surface area (Å²) in [6, 6.07) is 2.24. The minimum atomic E-state index is -4.56. The lowest BCUT2D eigenvalue weighted by Crippen LogP contribution is -2.37. The van der Waals surface area contributed by atoms with Gasteiger partial charge in [-0.15, -0.1) is 5.11 Å². The molecule has 1 heterocycles. The molecule has 0 unspecified atom stereocenters. The van der Waals surface area contributed by atoms with Crippen molar-refractivity contribution in [3.8, 4) is 0 Å². The number of aliphatic imine (C=N–C) groups is 1. The molecule has 1 aliphatic heterocycles. The Bertz CT molecular complexity index is 1100. The predicted molar refractivity (Wildman–Crippen MR) is 114 cm³/mol. The fourth-order valence-corrected chi connectivity index (χ4v) is 6.16. The number of aliphatic hydroxyl groups is 1. The van der Waals surface area contributed by atoms with E-state index in [0.29, 0.717) is 0 Å². The minimum Gasteiger partial charge on any atom is -0.390 e. The fraction of sp³-hybridized carbons (Fsp3) is 0.562. The van der Waals surface area contributed by atoms with Crippen molar-refractivity contribution >= 4 is 31.6 Å². The van der Waals surface area contributed by atoms with Crippen LogP contribution in [0.4, 0.5) is 5.69 Å². The molecule has 1 fully saturated rings. The van der Waals surface area contributed by atoms with E-state index in [1.165, 1.54) is 6.07 Å². The first-order valence-electron chi connectivity index (χ1n) is 9.56. The van der Waals surface area contributed by atoms with Gasteiger partial charge < -0.3 is 21.9 Å². The monoisotopic (exact) mass is 474 g/mol. The van der Waals surface area contributed by atoms with E-state index in [9.17, 15) is 21.9 Å². The van der Waals surface area contributed by atoms with Crippen LogP contribution in [0.3, 0.4) is 0 Å². The van der Waals surface area contributed by atoms with Crippen molar-refractivity contribution in [3.63, 3.8) is 0 Å². The number of benzene rings is 1. The van der Waals surface area contributed by atoms with E-state index in [2.05, 4.69) is 25.3 Å². The summed E-state index contributed by atoms with van der Waals surface area (Å²) in [5, 5.41) is 25.8. The Labute approximate surface area is 180 Å². The molecule has 0 radical (unpaired) electrons. The molecule has 172 valence electrons. The Kier molecular flexibility index (Phi) is 7.04. The van der Waals surface area contributed by atoms with Gasteiger partial charge in [0.2, 0.25) is 20.0 Å². The van der Waals surface area contributed by atoms with Gasteiger partial charge in [-0.05, 0) is 31.4 Å². The number of aliphatic hydroxyl groups excluding tert-OH is 1. The third-order valence-electron chi connectivity index (χ3n) is 5.06. The van der Waals surface area contributed by atoms with E-state index in [-0.39, 0.29) is 42.4 Å². The number of primary sulfonamides is 1. The van der Waals surface area contributed by atoms with Crippen molar-refractivity contribution in [1.82, 2.24) is 4.72 Å². The third kappa shape index (κ3) is 5.25. The topological polar surface area (TPSA) is 228 Å². The molecule has 1 aliphatic carbocycles. The van der Waals surface area contributed by atoms with Crippen LogP contribution < -0.4 is 26.6 Å². The summed E-state index contributed by atoms with van der Waals surface area (Å²) in [6.45, 7) is -0.618. The molecule has 1 aromatic carbocycles. The van der Waals surface area contributed by atoms with Crippen molar-refractivity contribution in [2.45, 2.75) is 47.2 Å². The molecule has 13 nitrogen and oxygen atoms in total. The highest BCUT2D eigenvalue weighted by atomic mass is 32.2. The summed E-state index contributed by atoms with van der Waals surface area (Å²) < 4.78 is 53.0. The number of amidine groups is 1. The molecule has 15 heteroatoms. The Morgan fingerprint density at radius 3 is 2.52 bits per heavy atom. The van der Waals surface area contributed by atoms with Crippen molar-refractivity contribution in [2.75, 3.05) is 25.1 Å². The van der Waals surface area contributed by atoms with Gasteiger partial charge in [-0.1, -0.05) is 0 Å². The van der Waals surface area contributed by atoms with Crippen molar-refractivity contribution in [3.05, 3.63) is 17.7 Å². The molecule has 0 spiro atoms. The van der Waals surface area contributed by atoms with Crippen LogP contribution in [0.2, 0.25) is 0 Å². The van der Waals surface area contributed by atoms with Crippen molar-refractivity contribution < 1.29 is 21.9 Å². The van der Waals surface area contributed by atoms with Crippen LogP contribution in [0, 0.1) is 0 Å². The molecule has 1 saturated carbocycles. The van der Waals surface area contributed by atoms with Crippen molar-refractivity contribution in [1.29, 1.82) is 0 Å². The lowest BCUT2D eigenvalue weighted by molar-refractivity contribution is 0.186. The van der Waals surface area contributed by atoms with E-state index >= 15 is 0 Å². The van der Waals surface area contributed by atoms with Gasteiger partial charge in [0.05, 0.1) is 11.7 Å². The van der Waals surface area contributed by atoms with Gasteiger partial charge >= 0.3 is 0 Å². The highest BCUT2D eigenvalue weighted by Crippen LogP contribution is 2.34. The Hall–Kier alpha value is -2.01. The number of nitrogens with two attached hydrogens (primary N) is 3. The number of hydrogen-bond acceptors (Lipinski definition) is 11. The number of rotatable bonds is 9. The molecule has 3 atom stereocenters. The maximum atomic E-state index is 12.9. The fourth-order valence-electron chi connectivity index (χ4n) is 3.49. The first-order chi connectivity index (χ1) is 14.5. The number of hydrogen-bond donors (Lipinski definition) is 6. The zero-order chi connectivity index (χ0) is 22.8. The van der Waals surface area contributed by atoms with Crippen LogP contribution in [0.1, 0.15) is 24.8 Å². The molecule has 2 aliphatic rings. The second-order valence-electron chi connectivity index (χ2n) is 7.31. The number of sulfonamides is 2. The van der Waals surface area contributed by atoms with Gasteiger partial charge in [0.15, 0.2) is 12.5 Å². The van der Waals surface area contributed by atoms with Crippen LogP contribution >= 0.6 is 0 Å². The molecular formula is C16H26N8O5S2.